The molecule has 0 aromatic carbocycles. The van der Waals surface area contributed by atoms with Crippen molar-refractivity contribution in [3.8, 4) is 0 Å². The van der Waals surface area contributed by atoms with Gasteiger partial charge in [-0.15, -0.1) is 0 Å². The Morgan fingerprint density at radius 2 is 1.05 bits per heavy atom. The molecule has 1 rings (SSSR count). The first-order valence-corrected chi connectivity index (χ1v) is 7.78. The molecule has 1 heterocycles. The summed E-state index contributed by atoms with van der Waals surface area (Å²) in [6.07, 6.45) is 11.1. The largest absolute Gasteiger partial charge is 0.258 e. The molecule has 1 aromatic heterocycles. The minimum Gasteiger partial charge on any atom is -0.258 e. The lowest BCUT2D eigenvalue weighted by Crippen LogP contribution is -2.00. The molecule has 126 valence electrons. The molecule has 0 unspecified atom stereocenters. The summed E-state index contributed by atoms with van der Waals surface area (Å²) in [5.74, 6) is 0. The summed E-state index contributed by atoms with van der Waals surface area (Å²) in [7, 11) is 0. The van der Waals surface area contributed by atoms with Crippen LogP contribution in [-0.2, 0) is 19.3 Å². The lowest BCUT2D eigenvalue weighted by molar-refractivity contribution is 0.735. The van der Waals surface area contributed by atoms with Crippen molar-refractivity contribution in [2.45, 2.75) is 101 Å². The Bertz CT molecular complexity index is 266. The van der Waals surface area contributed by atoms with Crippen LogP contribution in [0.2, 0.25) is 0 Å². The number of unbranched alkanes of at least 4 members (excludes halogenated alkanes) is 3. The summed E-state index contributed by atoms with van der Waals surface area (Å²) in [6.45, 7) is 6.76. The summed E-state index contributed by atoms with van der Waals surface area (Å²) in [6, 6.07) is 4.67. The monoisotopic (exact) mass is 295 g/mol. The van der Waals surface area contributed by atoms with Crippen LogP contribution in [0.25, 0.3) is 0 Å². The number of aromatic nitrogens is 1. The van der Waals surface area contributed by atoms with Gasteiger partial charge in [-0.3, -0.25) is 4.98 Å². The van der Waals surface area contributed by atoms with Crippen molar-refractivity contribution in [2.75, 3.05) is 0 Å². The molecule has 0 aliphatic rings. The van der Waals surface area contributed by atoms with Crippen molar-refractivity contribution < 1.29 is 0 Å². The Morgan fingerprint density at radius 3 is 1.43 bits per heavy atom. The smallest absolute Gasteiger partial charge is 0.0409 e. The van der Waals surface area contributed by atoms with Crippen LogP contribution in [0, 0.1) is 0 Å². The van der Waals surface area contributed by atoms with E-state index in [0.29, 0.717) is 0 Å². The average molecular weight is 296 g/mol. The highest BCUT2D eigenvalue weighted by Crippen LogP contribution is 2.13. The fourth-order valence-electron chi connectivity index (χ4n) is 2.22. The fraction of sp³-hybridized carbons (Fsp3) is 0.750. The molecule has 0 bridgehead atoms. The third-order valence-corrected chi connectivity index (χ3v) is 3.38. The Balaban J connectivity index is -0.00000108. The van der Waals surface area contributed by atoms with Gasteiger partial charge in [-0.2, -0.15) is 0 Å². The van der Waals surface area contributed by atoms with Crippen LogP contribution in [0.15, 0.2) is 12.1 Å². The predicted molar refractivity (Wildman–Crippen MR) is 100 cm³/mol. The van der Waals surface area contributed by atoms with Crippen molar-refractivity contribution in [3.63, 3.8) is 0 Å². The zero-order valence-corrected chi connectivity index (χ0v) is 12.5. The molecule has 1 nitrogen and oxygen atoms in total. The SMILES string of the molecule is C.C.C.CCCCc1cc(CCCC)nc(CCCC)c1. The summed E-state index contributed by atoms with van der Waals surface area (Å²) in [5, 5.41) is 0. The van der Waals surface area contributed by atoms with Gasteiger partial charge in [-0.1, -0.05) is 62.3 Å². The molecular weight excluding hydrogens is 254 g/mol. The number of hydrogen-bond donors (Lipinski definition) is 0. The van der Waals surface area contributed by atoms with E-state index in [0.717, 1.165) is 12.8 Å². The Kier molecular flexibility index (Phi) is 18.6. The van der Waals surface area contributed by atoms with Crippen molar-refractivity contribution >= 4 is 0 Å². The quantitative estimate of drug-likeness (QED) is 0.477. The first kappa shape index (κ1) is 25.1. The summed E-state index contributed by atoms with van der Waals surface area (Å²) in [4.78, 5) is 4.82. The molecule has 0 fully saturated rings. The standard InChI is InChI=1S/C17H29N.3CH4/c1-4-7-10-15-13-16(11-8-5-2)18-17(14-15)12-9-6-3;;;/h13-14H,4-12H2,1-3H3;3*1H4. The minimum absolute atomic E-state index is 0. The molecule has 0 N–H and O–H groups in total. The van der Waals surface area contributed by atoms with Crippen molar-refractivity contribution in [1.82, 2.24) is 4.98 Å². The topological polar surface area (TPSA) is 12.9 Å². The maximum absolute atomic E-state index is 4.82. The van der Waals surface area contributed by atoms with E-state index in [9.17, 15) is 0 Å². The summed E-state index contributed by atoms with van der Waals surface area (Å²) in [5.41, 5.74) is 4.14. The van der Waals surface area contributed by atoms with Crippen LogP contribution in [0.4, 0.5) is 0 Å². The second kappa shape index (κ2) is 15.5. The van der Waals surface area contributed by atoms with E-state index in [1.807, 2.05) is 0 Å². The third kappa shape index (κ3) is 10.5. The van der Waals surface area contributed by atoms with Crippen molar-refractivity contribution in [2.24, 2.45) is 0 Å². The zero-order valence-electron chi connectivity index (χ0n) is 12.5. The van der Waals surface area contributed by atoms with Gasteiger partial charge in [0.25, 0.3) is 0 Å². The number of pyridine rings is 1. The molecule has 21 heavy (non-hydrogen) atoms. The highest BCUT2D eigenvalue weighted by atomic mass is 14.7. The van der Waals surface area contributed by atoms with Crippen LogP contribution < -0.4 is 0 Å². The second-order valence-electron chi connectivity index (χ2n) is 5.27. The van der Waals surface area contributed by atoms with Crippen LogP contribution in [-0.4, -0.2) is 4.98 Å². The van der Waals surface area contributed by atoms with Crippen LogP contribution >= 0.6 is 0 Å². The molecule has 1 heteroatoms. The molecule has 0 spiro atoms. The molecular formula is C20H41N. The van der Waals surface area contributed by atoms with Gasteiger partial charge < -0.3 is 0 Å². The first-order valence-electron chi connectivity index (χ1n) is 7.78. The number of aryl methyl sites for hydroxylation is 3. The molecule has 1 aromatic rings. The third-order valence-electron chi connectivity index (χ3n) is 3.38. The van der Waals surface area contributed by atoms with Gasteiger partial charge in [0.05, 0.1) is 0 Å². The van der Waals surface area contributed by atoms with E-state index < -0.39 is 0 Å². The summed E-state index contributed by atoms with van der Waals surface area (Å²) >= 11 is 0. The predicted octanol–water partition coefficient (Wildman–Crippen LogP) is 7.02. The number of nitrogens with zero attached hydrogens (tertiary/aromatic N) is 1. The normalized spacial score (nSPS) is 9.29. The first-order chi connectivity index (χ1) is 8.80. The second-order valence-corrected chi connectivity index (χ2v) is 5.27. The molecule has 0 amide bonds. The molecule has 0 atom stereocenters. The zero-order chi connectivity index (χ0) is 13.2. The van der Waals surface area contributed by atoms with Gasteiger partial charge in [-0.05, 0) is 56.2 Å². The highest BCUT2D eigenvalue weighted by Gasteiger charge is 2.03. The van der Waals surface area contributed by atoms with E-state index in [4.69, 9.17) is 4.98 Å². The van der Waals surface area contributed by atoms with E-state index in [1.54, 1.807) is 0 Å². The van der Waals surface area contributed by atoms with Crippen LogP contribution in [0.5, 0.6) is 0 Å². The van der Waals surface area contributed by atoms with E-state index in [-0.39, 0.29) is 22.3 Å². The molecule has 0 radical (unpaired) electrons. The highest BCUT2D eigenvalue weighted by molar-refractivity contribution is 5.22. The molecule has 0 saturated heterocycles. The van der Waals surface area contributed by atoms with E-state index in [1.165, 1.54) is 61.9 Å². The van der Waals surface area contributed by atoms with Crippen molar-refractivity contribution in [3.05, 3.63) is 29.1 Å². The van der Waals surface area contributed by atoms with Gasteiger partial charge in [0.1, 0.15) is 0 Å². The Morgan fingerprint density at radius 1 is 0.667 bits per heavy atom. The van der Waals surface area contributed by atoms with Crippen LogP contribution in [0.1, 0.15) is 98.5 Å². The lowest BCUT2D eigenvalue weighted by Gasteiger charge is -2.08. The maximum atomic E-state index is 4.82. The number of rotatable bonds is 9. The molecule has 0 aliphatic carbocycles. The Hall–Kier alpha value is -0.850. The molecule has 0 aliphatic heterocycles. The maximum Gasteiger partial charge on any atom is 0.0409 e. The van der Waals surface area contributed by atoms with Gasteiger partial charge in [0.2, 0.25) is 0 Å². The van der Waals surface area contributed by atoms with Gasteiger partial charge in [0.15, 0.2) is 0 Å². The Labute approximate surface area is 135 Å². The number of hydrogen-bond acceptors (Lipinski definition) is 1. The summed E-state index contributed by atoms with van der Waals surface area (Å²) < 4.78 is 0. The minimum atomic E-state index is 0. The van der Waals surface area contributed by atoms with E-state index in [2.05, 4.69) is 32.9 Å². The average Bonchev–Trinajstić information content (AvgIpc) is 2.40. The molecule has 0 saturated carbocycles. The van der Waals surface area contributed by atoms with Crippen molar-refractivity contribution in [1.29, 1.82) is 0 Å². The van der Waals surface area contributed by atoms with Gasteiger partial charge in [-0.25, -0.2) is 0 Å². The van der Waals surface area contributed by atoms with Gasteiger partial charge in [0, 0.05) is 11.4 Å². The van der Waals surface area contributed by atoms with E-state index >= 15 is 0 Å². The lowest BCUT2D eigenvalue weighted by atomic mass is 10.0. The fourth-order valence-corrected chi connectivity index (χ4v) is 2.22. The van der Waals surface area contributed by atoms with Crippen LogP contribution in [0.3, 0.4) is 0 Å². The van der Waals surface area contributed by atoms with Gasteiger partial charge >= 0.3 is 0 Å².